The molecule has 1 saturated heterocycles. The third-order valence-electron chi connectivity index (χ3n) is 3.28. The Hall–Kier alpha value is -1.42. The third-order valence-corrected chi connectivity index (χ3v) is 3.28. The van der Waals surface area contributed by atoms with E-state index in [9.17, 15) is 9.18 Å². The van der Waals surface area contributed by atoms with Crippen LogP contribution >= 0.6 is 0 Å². The highest BCUT2D eigenvalue weighted by molar-refractivity contribution is 5.70. The maximum atomic E-state index is 12.9. The highest BCUT2D eigenvalue weighted by Crippen LogP contribution is 2.25. The SMILES string of the molecule is O=C(O)C1CC(CF)N(Cc2ccccc2)C1. The highest BCUT2D eigenvalue weighted by Gasteiger charge is 2.35. The van der Waals surface area contributed by atoms with Gasteiger partial charge in [0.05, 0.1) is 5.92 Å². The maximum Gasteiger partial charge on any atom is 0.307 e. The molecule has 0 spiro atoms. The number of hydrogen-bond donors (Lipinski definition) is 1. The van der Waals surface area contributed by atoms with Gasteiger partial charge in [-0.25, -0.2) is 4.39 Å². The van der Waals surface area contributed by atoms with Gasteiger partial charge in [-0.2, -0.15) is 0 Å². The average molecular weight is 237 g/mol. The van der Waals surface area contributed by atoms with E-state index >= 15 is 0 Å². The number of likely N-dealkylation sites (tertiary alicyclic amines) is 1. The molecule has 1 N–H and O–H groups in total. The number of hydrogen-bond acceptors (Lipinski definition) is 2. The lowest BCUT2D eigenvalue weighted by atomic mass is 10.1. The molecule has 3 nitrogen and oxygen atoms in total. The molecule has 1 heterocycles. The lowest BCUT2D eigenvalue weighted by Gasteiger charge is -2.21. The molecular weight excluding hydrogens is 221 g/mol. The van der Waals surface area contributed by atoms with Crippen LogP contribution in [0.2, 0.25) is 0 Å². The van der Waals surface area contributed by atoms with Crippen molar-refractivity contribution in [2.75, 3.05) is 13.2 Å². The number of benzene rings is 1. The Kier molecular flexibility index (Phi) is 3.74. The fourth-order valence-electron chi connectivity index (χ4n) is 2.34. The summed E-state index contributed by atoms with van der Waals surface area (Å²) in [6, 6.07) is 9.50. The summed E-state index contributed by atoms with van der Waals surface area (Å²) in [4.78, 5) is 12.8. The summed E-state index contributed by atoms with van der Waals surface area (Å²) >= 11 is 0. The van der Waals surface area contributed by atoms with Crippen molar-refractivity contribution in [1.29, 1.82) is 0 Å². The summed E-state index contributed by atoms with van der Waals surface area (Å²) in [6.07, 6.45) is 0.415. The Morgan fingerprint density at radius 1 is 1.41 bits per heavy atom. The van der Waals surface area contributed by atoms with Crippen LogP contribution in [-0.2, 0) is 11.3 Å². The first kappa shape index (κ1) is 12.0. The van der Waals surface area contributed by atoms with E-state index in [1.54, 1.807) is 0 Å². The van der Waals surface area contributed by atoms with Gasteiger partial charge in [0.25, 0.3) is 0 Å². The number of carboxylic acid groups (broad SMARTS) is 1. The zero-order valence-electron chi connectivity index (χ0n) is 9.55. The van der Waals surface area contributed by atoms with E-state index in [1.807, 2.05) is 35.2 Å². The molecule has 0 aliphatic carbocycles. The van der Waals surface area contributed by atoms with E-state index in [4.69, 9.17) is 5.11 Å². The van der Waals surface area contributed by atoms with E-state index in [-0.39, 0.29) is 6.04 Å². The zero-order chi connectivity index (χ0) is 12.3. The van der Waals surface area contributed by atoms with Crippen LogP contribution in [-0.4, -0.2) is 35.2 Å². The van der Waals surface area contributed by atoms with Crippen LogP contribution in [0.3, 0.4) is 0 Å². The second kappa shape index (κ2) is 5.27. The Morgan fingerprint density at radius 2 is 2.12 bits per heavy atom. The molecule has 2 unspecified atom stereocenters. The normalized spacial score (nSPS) is 25.0. The summed E-state index contributed by atoms with van der Waals surface area (Å²) in [5, 5.41) is 8.96. The van der Waals surface area contributed by atoms with E-state index in [2.05, 4.69) is 0 Å². The van der Waals surface area contributed by atoms with Gasteiger partial charge in [0, 0.05) is 19.1 Å². The van der Waals surface area contributed by atoms with Gasteiger partial charge in [0.15, 0.2) is 0 Å². The predicted molar refractivity (Wildman–Crippen MR) is 62.4 cm³/mol. The summed E-state index contributed by atoms with van der Waals surface area (Å²) in [6.45, 7) is 0.592. The van der Waals surface area contributed by atoms with Crippen molar-refractivity contribution in [3.8, 4) is 0 Å². The Balaban J connectivity index is 2.02. The van der Waals surface area contributed by atoms with Crippen LogP contribution in [0, 0.1) is 5.92 Å². The monoisotopic (exact) mass is 237 g/mol. The summed E-state index contributed by atoms with van der Waals surface area (Å²) in [5.41, 5.74) is 1.09. The molecule has 2 rings (SSSR count). The fraction of sp³-hybridized carbons (Fsp3) is 0.462. The fourth-order valence-corrected chi connectivity index (χ4v) is 2.34. The summed E-state index contributed by atoms with van der Waals surface area (Å²) in [5.74, 6) is -1.25. The van der Waals surface area contributed by atoms with Crippen LogP contribution < -0.4 is 0 Å². The standard InChI is InChI=1S/C13H16FNO2/c14-7-12-6-11(13(16)17)9-15(12)8-10-4-2-1-3-5-10/h1-5,11-12H,6-9H2,(H,16,17). The Bertz CT molecular complexity index is 382. The van der Waals surface area contributed by atoms with Crippen molar-refractivity contribution in [2.45, 2.75) is 19.0 Å². The van der Waals surface area contributed by atoms with Crippen LogP contribution in [0.25, 0.3) is 0 Å². The largest absolute Gasteiger partial charge is 0.481 e. The molecule has 4 heteroatoms. The average Bonchev–Trinajstić information content (AvgIpc) is 2.74. The minimum atomic E-state index is -0.820. The first-order valence-corrected chi connectivity index (χ1v) is 5.77. The van der Waals surface area contributed by atoms with Crippen molar-refractivity contribution in [3.05, 3.63) is 35.9 Å². The van der Waals surface area contributed by atoms with E-state index in [0.29, 0.717) is 19.5 Å². The molecular formula is C13H16FNO2. The molecule has 92 valence electrons. The first-order valence-electron chi connectivity index (χ1n) is 5.77. The lowest BCUT2D eigenvalue weighted by molar-refractivity contribution is -0.141. The topological polar surface area (TPSA) is 40.5 Å². The van der Waals surface area contributed by atoms with Gasteiger partial charge in [0.1, 0.15) is 6.67 Å². The Morgan fingerprint density at radius 3 is 2.71 bits per heavy atom. The molecule has 1 aromatic rings. The minimum Gasteiger partial charge on any atom is -0.481 e. The van der Waals surface area contributed by atoms with Crippen LogP contribution in [0.15, 0.2) is 30.3 Å². The van der Waals surface area contributed by atoms with Gasteiger partial charge in [-0.1, -0.05) is 30.3 Å². The van der Waals surface area contributed by atoms with Gasteiger partial charge < -0.3 is 5.11 Å². The predicted octanol–water partition coefficient (Wildman–Crippen LogP) is 1.93. The molecule has 0 aromatic heterocycles. The smallest absolute Gasteiger partial charge is 0.307 e. The number of nitrogens with zero attached hydrogens (tertiary/aromatic N) is 1. The molecule has 1 aliphatic rings. The minimum absolute atomic E-state index is 0.253. The number of rotatable bonds is 4. The Labute approximate surface area is 99.9 Å². The maximum absolute atomic E-state index is 12.9. The first-order chi connectivity index (χ1) is 8.20. The lowest BCUT2D eigenvalue weighted by Crippen LogP contribution is -2.30. The third kappa shape index (κ3) is 2.82. The zero-order valence-corrected chi connectivity index (χ0v) is 9.55. The number of carboxylic acids is 1. The van der Waals surface area contributed by atoms with Crippen LogP contribution in [0.1, 0.15) is 12.0 Å². The number of alkyl halides is 1. The van der Waals surface area contributed by atoms with Gasteiger partial charge in [0.2, 0.25) is 0 Å². The second-order valence-electron chi connectivity index (χ2n) is 4.49. The molecule has 0 amide bonds. The molecule has 1 aromatic carbocycles. The molecule has 1 aliphatic heterocycles. The van der Waals surface area contributed by atoms with Crippen molar-refractivity contribution < 1.29 is 14.3 Å². The van der Waals surface area contributed by atoms with Crippen molar-refractivity contribution >= 4 is 5.97 Å². The van der Waals surface area contributed by atoms with Crippen molar-refractivity contribution in [3.63, 3.8) is 0 Å². The number of aliphatic carboxylic acids is 1. The second-order valence-corrected chi connectivity index (χ2v) is 4.49. The molecule has 0 radical (unpaired) electrons. The molecule has 1 fully saturated rings. The molecule has 0 saturated carbocycles. The molecule has 17 heavy (non-hydrogen) atoms. The van der Waals surface area contributed by atoms with Gasteiger partial charge in [-0.3, -0.25) is 9.69 Å². The van der Waals surface area contributed by atoms with Crippen LogP contribution in [0.4, 0.5) is 4.39 Å². The molecule has 2 atom stereocenters. The summed E-state index contributed by atoms with van der Waals surface area (Å²) < 4.78 is 12.9. The van der Waals surface area contributed by atoms with E-state index < -0.39 is 18.6 Å². The number of halogens is 1. The van der Waals surface area contributed by atoms with E-state index in [1.165, 1.54) is 0 Å². The highest BCUT2D eigenvalue weighted by atomic mass is 19.1. The quantitative estimate of drug-likeness (QED) is 0.870. The summed E-state index contributed by atoms with van der Waals surface area (Å²) in [7, 11) is 0. The van der Waals surface area contributed by atoms with Gasteiger partial charge >= 0.3 is 5.97 Å². The molecule has 0 bridgehead atoms. The van der Waals surface area contributed by atoms with Crippen molar-refractivity contribution in [1.82, 2.24) is 4.90 Å². The van der Waals surface area contributed by atoms with Crippen molar-refractivity contribution in [2.24, 2.45) is 5.92 Å². The van der Waals surface area contributed by atoms with Gasteiger partial charge in [-0.15, -0.1) is 0 Å². The number of carbonyl (C=O) groups is 1. The van der Waals surface area contributed by atoms with Gasteiger partial charge in [-0.05, 0) is 12.0 Å². The van der Waals surface area contributed by atoms with Crippen LogP contribution in [0.5, 0.6) is 0 Å². The van der Waals surface area contributed by atoms with E-state index in [0.717, 1.165) is 5.56 Å².